The van der Waals surface area contributed by atoms with Gasteiger partial charge in [0.1, 0.15) is 0 Å². The van der Waals surface area contributed by atoms with Gasteiger partial charge in [0.05, 0.1) is 6.04 Å². The van der Waals surface area contributed by atoms with Crippen LogP contribution in [0.3, 0.4) is 0 Å². The summed E-state index contributed by atoms with van der Waals surface area (Å²) in [7, 11) is 0. The molecule has 0 aromatic rings. The highest BCUT2D eigenvalue weighted by Gasteiger charge is 2.27. The first kappa shape index (κ1) is 10.6. The zero-order valence-electron chi connectivity index (χ0n) is 8.00. The summed E-state index contributed by atoms with van der Waals surface area (Å²) in [6.07, 6.45) is 1.60. The van der Waals surface area contributed by atoms with Crippen LogP contribution < -0.4 is 5.32 Å². The van der Waals surface area contributed by atoms with Gasteiger partial charge >= 0.3 is 0 Å². The summed E-state index contributed by atoms with van der Waals surface area (Å²) in [5.74, 6) is 0.853. The highest BCUT2D eigenvalue weighted by Crippen LogP contribution is 2.19. The SMILES string of the molecule is CCC(C)C(=O)NC1CCSC1=O. The van der Waals surface area contributed by atoms with E-state index in [4.69, 9.17) is 0 Å². The Morgan fingerprint density at radius 1 is 1.77 bits per heavy atom. The number of rotatable bonds is 3. The number of amides is 1. The zero-order chi connectivity index (χ0) is 9.84. The lowest BCUT2D eigenvalue weighted by atomic mass is 10.1. The van der Waals surface area contributed by atoms with E-state index in [0.717, 1.165) is 18.6 Å². The number of nitrogens with one attached hydrogen (secondary N) is 1. The Morgan fingerprint density at radius 3 is 2.92 bits per heavy atom. The van der Waals surface area contributed by atoms with Crippen molar-refractivity contribution in [3.8, 4) is 0 Å². The quantitative estimate of drug-likeness (QED) is 0.746. The molecule has 4 heteroatoms. The van der Waals surface area contributed by atoms with Gasteiger partial charge in [0.25, 0.3) is 0 Å². The minimum atomic E-state index is -0.230. The molecule has 13 heavy (non-hydrogen) atoms. The van der Waals surface area contributed by atoms with Crippen molar-refractivity contribution < 1.29 is 9.59 Å². The lowest BCUT2D eigenvalue weighted by molar-refractivity contribution is -0.127. The van der Waals surface area contributed by atoms with Gasteiger partial charge in [0.2, 0.25) is 11.0 Å². The third-order valence-electron chi connectivity index (χ3n) is 2.31. The van der Waals surface area contributed by atoms with E-state index in [2.05, 4.69) is 5.32 Å². The van der Waals surface area contributed by atoms with Crippen LogP contribution in [0.5, 0.6) is 0 Å². The largest absolute Gasteiger partial charge is 0.345 e. The van der Waals surface area contributed by atoms with E-state index in [1.54, 1.807) is 0 Å². The van der Waals surface area contributed by atoms with Gasteiger partial charge in [-0.25, -0.2) is 0 Å². The third-order valence-corrected chi connectivity index (χ3v) is 3.32. The van der Waals surface area contributed by atoms with E-state index in [9.17, 15) is 9.59 Å². The summed E-state index contributed by atoms with van der Waals surface area (Å²) in [5.41, 5.74) is 0. The van der Waals surface area contributed by atoms with Crippen molar-refractivity contribution in [1.29, 1.82) is 0 Å². The predicted octanol–water partition coefficient (Wildman–Crippen LogP) is 1.18. The molecule has 1 fully saturated rings. The molecule has 2 unspecified atom stereocenters. The van der Waals surface area contributed by atoms with Crippen LogP contribution in [0.25, 0.3) is 0 Å². The Balaban J connectivity index is 2.39. The van der Waals surface area contributed by atoms with Crippen LogP contribution in [-0.4, -0.2) is 22.8 Å². The summed E-state index contributed by atoms with van der Waals surface area (Å²) in [6.45, 7) is 3.84. The number of thioether (sulfide) groups is 1. The van der Waals surface area contributed by atoms with Gasteiger partial charge in [-0.15, -0.1) is 0 Å². The Labute approximate surface area is 82.6 Å². The van der Waals surface area contributed by atoms with Crippen LogP contribution in [-0.2, 0) is 9.59 Å². The maximum Gasteiger partial charge on any atom is 0.223 e. The van der Waals surface area contributed by atoms with Gasteiger partial charge < -0.3 is 5.32 Å². The van der Waals surface area contributed by atoms with E-state index in [0.29, 0.717) is 0 Å². The molecule has 0 aromatic heterocycles. The number of hydrogen-bond donors (Lipinski definition) is 1. The maximum atomic E-state index is 11.4. The van der Waals surface area contributed by atoms with Crippen molar-refractivity contribution in [1.82, 2.24) is 5.32 Å². The van der Waals surface area contributed by atoms with Crippen molar-refractivity contribution >= 4 is 22.8 Å². The lowest BCUT2D eigenvalue weighted by Crippen LogP contribution is -2.39. The van der Waals surface area contributed by atoms with Gasteiger partial charge in [0.15, 0.2) is 0 Å². The Hall–Kier alpha value is -0.510. The van der Waals surface area contributed by atoms with E-state index < -0.39 is 0 Å². The topological polar surface area (TPSA) is 46.2 Å². The molecule has 0 aliphatic carbocycles. The molecule has 74 valence electrons. The first-order chi connectivity index (χ1) is 6.15. The molecule has 3 nitrogen and oxygen atoms in total. The van der Waals surface area contributed by atoms with Crippen LogP contribution >= 0.6 is 11.8 Å². The van der Waals surface area contributed by atoms with E-state index in [1.807, 2.05) is 13.8 Å². The van der Waals surface area contributed by atoms with Crippen LogP contribution in [0.2, 0.25) is 0 Å². The fourth-order valence-corrected chi connectivity index (χ4v) is 2.06. The summed E-state index contributed by atoms with van der Waals surface area (Å²) in [6, 6.07) is -0.230. The molecule has 1 heterocycles. The normalized spacial score (nSPS) is 24.5. The molecule has 1 N–H and O–H groups in total. The molecule has 1 aliphatic rings. The van der Waals surface area contributed by atoms with E-state index >= 15 is 0 Å². The van der Waals surface area contributed by atoms with Crippen molar-refractivity contribution in [2.75, 3.05) is 5.75 Å². The van der Waals surface area contributed by atoms with Crippen molar-refractivity contribution in [2.24, 2.45) is 5.92 Å². The van der Waals surface area contributed by atoms with Crippen LogP contribution in [0.1, 0.15) is 26.7 Å². The third kappa shape index (κ3) is 2.72. The van der Waals surface area contributed by atoms with Crippen LogP contribution in [0.4, 0.5) is 0 Å². The standard InChI is InChI=1S/C9H15NO2S/c1-3-6(2)8(11)10-7-4-5-13-9(7)12/h6-7H,3-5H2,1-2H3,(H,10,11). The fraction of sp³-hybridized carbons (Fsp3) is 0.778. The first-order valence-electron chi connectivity index (χ1n) is 4.62. The molecular weight excluding hydrogens is 186 g/mol. The van der Waals surface area contributed by atoms with Crippen molar-refractivity contribution in [2.45, 2.75) is 32.7 Å². The summed E-state index contributed by atoms with van der Waals surface area (Å²) in [5, 5.41) is 2.88. The molecule has 2 atom stereocenters. The van der Waals surface area contributed by atoms with Gasteiger partial charge in [0, 0.05) is 11.7 Å². The highest BCUT2D eigenvalue weighted by molar-refractivity contribution is 8.14. The molecule has 0 bridgehead atoms. The predicted molar refractivity (Wildman–Crippen MR) is 53.5 cm³/mol. The van der Waals surface area contributed by atoms with Gasteiger partial charge in [-0.1, -0.05) is 25.6 Å². The number of carbonyl (C=O) groups is 2. The van der Waals surface area contributed by atoms with Crippen LogP contribution in [0.15, 0.2) is 0 Å². The van der Waals surface area contributed by atoms with Gasteiger partial charge in [-0.3, -0.25) is 9.59 Å². The van der Waals surface area contributed by atoms with E-state index in [-0.39, 0.29) is 23.0 Å². The fourth-order valence-electron chi connectivity index (χ4n) is 1.13. The Morgan fingerprint density at radius 2 is 2.46 bits per heavy atom. The Kier molecular flexibility index (Phi) is 3.78. The molecule has 1 rings (SSSR count). The second kappa shape index (κ2) is 4.65. The van der Waals surface area contributed by atoms with Gasteiger partial charge in [-0.05, 0) is 12.8 Å². The van der Waals surface area contributed by atoms with Crippen molar-refractivity contribution in [3.05, 3.63) is 0 Å². The minimum Gasteiger partial charge on any atom is -0.345 e. The average molecular weight is 201 g/mol. The highest BCUT2D eigenvalue weighted by atomic mass is 32.2. The summed E-state index contributed by atoms with van der Waals surface area (Å²) >= 11 is 1.31. The second-order valence-corrected chi connectivity index (χ2v) is 4.43. The zero-order valence-corrected chi connectivity index (χ0v) is 8.82. The molecule has 0 radical (unpaired) electrons. The van der Waals surface area contributed by atoms with Crippen molar-refractivity contribution in [3.63, 3.8) is 0 Å². The lowest BCUT2D eigenvalue weighted by Gasteiger charge is -2.13. The van der Waals surface area contributed by atoms with Crippen LogP contribution in [0, 0.1) is 5.92 Å². The molecular formula is C9H15NO2S. The second-order valence-electron chi connectivity index (χ2n) is 3.33. The molecule has 1 amide bonds. The molecule has 0 spiro atoms. The first-order valence-corrected chi connectivity index (χ1v) is 5.60. The number of carbonyl (C=O) groups excluding carboxylic acids is 2. The Bertz CT molecular complexity index is 218. The summed E-state index contributed by atoms with van der Waals surface area (Å²) in [4.78, 5) is 22.6. The van der Waals surface area contributed by atoms with Gasteiger partial charge in [-0.2, -0.15) is 0 Å². The summed E-state index contributed by atoms with van der Waals surface area (Å²) < 4.78 is 0. The minimum absolute atomic E-state index is 0.00310. The van der Waals surface area contributed by atoms with E-state index in [1.165, 1.54) is 11.8 Å². The molecule has 1 saturated heterocycles. The average Bonchev–Trinajstić information content (AvgIpc) is 2.50. The number of hydrogen-bond acceptors (Lipinski definition) is 3. The molecule has 0 aromatic carbocycles. The maximum absolute atomic E-state index is 11.4. The monoisotopic (exact) mass is 201 g/mol. The molecule has 0 saturated carbocycles. The molecule has 1 aliphatic heterocycles. The smallest absolute Gasteiger partial charge is 0.223 e.